The molecule has 642 valence electrons. The molecule has 15 rings (SSSR count). The lowest BCUT2D eigenvalue weighted by Crippen LogP contribution is -2.66. The van der Waals surface area contributed by atoms with E-state index < -0.39 is 254 Å². The van der Waals surface area contributed by atoms with Crippen LogP contribution >= 0.6 is 11.6 Å². The molecule has 0 aromatic heterocycles. The smallest absolute Gasteiger partial charge is 0.335 e. The first-order valence-corrected chi connectivity index (χ1v) is 39.2. The number of carboxylic acid groups (broad SMARTS) is 2. The van der Waals surface area contributed by atoms with E-state index >= 15 is 24.0 Å². The molecule has 0 radical (unpaired) electrons. The zero-order valence-corrected chi connectivity index (χ0v) is 65.6. The van der Waals surface area contributed by atoms with Crippen LogP contribution in [0.3, 0.4) is 0 Å². The minimum Gasteiger partial charge on any atom is -0.508 e. The van der Waals surface area contributed by atoms with E-state index in [0.717, 1.165) is 105 Å². The number of carbonyl (C=O) groups excluding carboxylic acids is 7. The summed E-state index contributed by atoms with van der Waals surface area (Å²) in [6, 6.07) is 6.17. The Morgan fingerprint density at radius 3 is 1.83 bits per heavy atom. The lowest BCUT2D eigenvalue weighted by Gasteiger charge is -2.41. The highest BCUT2D eigenvalue weighted by Gasteiger charge is 2.51. The maximum Gasteiger partial charge on any atom is 0.335 e. The fourth-order valence-electron chi connectivity index (χ4n) is 15.2. The quantitative estimate of drug-likeness (QED) is 0.0546. The van der Waals surface area contributed by atoms with E-state index in [9.17, 15) is 85.6 Å². The first-order valence-electron chi connectivity index (χ1n) is 38.8. The highest BCUT2D eigenvalue weighted by Crippen LogP contribution is 2.50. The number of ether oxygens (including phenoxy) is 7. The van der Waals surface area contributed by atoms with Crippen molar-refractivity contribution in [2.45, 2.75) is 181 Å². The van der Waals surface area contributed by atoms with Crippen LogP contribution in [0.2, 0.25) is 5.02 Å². The fourth-order valence-corrected chi connectivity index (χ4v) is 15.4. The van der Waals surface area contributed by atoms with E-state index in [1.807, 2.05) is 0 Å². The van der Waals surface area contributed by atoms with Crippen molar-refractivity contribution in [3.8, 4) is 80.1 Å². The van der Waals surface area contributed by atoms with Crippen LogP contribution < -0.4 is 66.2 Å². The number of aliphatic hydroxyl groups excluding tert-OH is 7. The molecule has 121 heavy (non-hydrogen) atoms. The fraction of sp³-hybridized carbons (Fsp3) is 0.386. The van der Waals surface area contributed by atoms with Crippen molar-refractivity contribution in [2.75, 3.05) is 13.7 Å². The molecular weight excluding hydrogens is 1610 g/mol. The summed E-state index contributed by atoms with van der Waals surface area (Å²) in [5.74, 6) is -18.3. The van der Waals surface area contributed by atoms with Crippen molar-refractivity contribution in [3.63, 3.8) is 0 Å². The summed E-state index contributed by atoms with van der Waals surface area (Å²) in [5, 5.41) is 168. The molecule has 17 bridgehead atoms. The Labute approximate surface area is 693 Å². The van der Waals surface area contributed by atoms with Crippen LogP contribution in [0.25, 0.3) is 11.1 Å². The molecule has 18 atom stereocenters. The molecule has 7 aromatic carbocycles. The topological polar surface area (TPSA) is 577 Å². The molecule has 7 aromatic rings. The lowest BCUT2D eigenvalue weighted by atomic mass is 9.89. The summed E-state index contributed by atoms with van der Waals surface area (Å²) >= 11 is 7.16. The molecule has 0 saturated carbocycles. The van der Waals surface area contributed by atoms with Gasteiger partial charge in [0.25, 0.3) is 0 Å². The van der Waals surface area contributed by atoms with Crippen molar-refractivity contribution >= 4 is 64.9 Å². The highest BCUT2D eigenvalue weighted by atomic mass is 35.5. The Morgan fingerprint density at radius 1 is 0.529 bits per heavy atom. The number of benzene rings is 7. The van der Waals surface area contributed by atoms with Gasteiger partial charge in [-0.2, -0.15) is 0 Å². The van der Waals surface area contributed by atoms with Gasteiger partial charge in [-0.1, -0.05) is 94.3 Å². The number of aliphatic carboxylic acids is 2. The summed E-state index contributed by atoms with van der Waals surface area (Å²) in [5.41, 5.74) is -2.96. The Bertz CT molecular complexity index is 5130. The number of carbonyl (C=O) groups is 9. The second-order valence-corrected chi connectivity index (χ2v) is 30.9. The molecule has 38 heteroatoms. The van der Waals surface area contributed by atoms with Crippen molar-refractivity contribution < 1.29 is 143 Å². The van der Waals surface area contributed by atoms with Crippen LogP contribution in [-0.2, 0) is 59.0 Å². The van der Waals surface area contributed by atoms with Gasteiger partial charge in [0.05, 0.1) is 11.6 Å². The average molecular weight is 1700 g/mol. The number of aliphatic hydroxyl groups is 7. The van der Waals surface area contributed by atoms with E-state index in [1.54, 1.807) is 0 Å². The zero-order chi connectivity index (χ0) is 86.7. The van der Waals surface area contributed by atoms with Gasteiger partial charge < -0.3 is 142 Å². The molecule has 37 nitrogen and oxygen atoms in total. The van der Waals surface area contributed by atoms with Gasteiger partial charge in [0.15, 0.2) is 35.1 Å². The second kappa shape index (κ2) is 36.8. The summed E-state index contributed by atoms with van der Waals surface area (Å²) in [6.07, 6.45) is -16.2. The number of phenolic OH excluding ortho intramolecular Hbond substituents is 4. The normalized spacial score (nSPS) is 26.6. The maximum absolute atomic E-state index is 16.6. The molecule has 2 fully saturated rings. The predicted octanol–water partition coefficient (Wildman–Crippen LogP) is 3.53. The number of rotatable bonds is 18. The van der Waals surface area contributed by atoms with E-state index in [-0.39, 0.29) is 46.8 Å². The average Bonchev–Trinajstić information content (AvgIpc) is 0.763. The van der Waals surface area contributed by atoms with Gasteiger partial charge in [0.1, 0.15) is 125 Å². The molecule has 8 heterocycles. The van der Waals surface area contributed by atoms with Crippen LogP contribution in [0.1, 0.15) is 140 Å². The number of aromatic hydroxyl groups is 4. The zero-order valence-electron chi connectivity index (χ0n) is 64.8. The number of fused-ring (bicyclic) bond motifs is 14. The minimum absolute atomic E-state index is 0.139. The van der Waals surface area contributed by atoms with Gasteiger partial charge in [0.2, 0.25) is 59.7 Å². The molecule has 0 aliphatic carbocycles. The Morgan fingerprint density at radius 2 is 1.15 bits per heavy atom. The number of likely N-dealkylation sites (N-methyl/N-ethyl adjacent to an activating group) is 1. The SMILES string of the molecule is CNC1C(=O)NC2Cc3ccc(cc3)Oc3cc4cc(c3O[C@@H]3O[C@H](C(=O)O)[C@@H](O)[C@H](O)[C@H]3NC(=O)CCCCCCCCC(C)C)Oc3ccc(cc3Cl)C(O)C3NC(=O)C(NC(=O)C4NC(=O)C(NC2=O)c2cc(O)cc(c2)Oc2cc1ccc2O)c1ccc(O)c(c1)-c1c(O[C@H]2O[C@H](CO)[C@@H](O)[C@H](O)[C@@H]2O)cc(O)cc1C(C(=O)O)NC3=O. The summed E-state index contributed by atoms with van der Waals surface area (Å²) in [7, 11) is 1.43. The minimum atomic E-state index is -2.42. The van der Waals surface area contributed by atoms with E-state index in [4.69, 9.17) is 44.8 Å². The monoisotopic (exact) mass is 1700 g/mol. The molecular formula is C83H89ClN8O29. The molecule has 7 amide bonds. The third-order valence-electron chi connectivity index (χ3n) is 21.5. The largest absolute Gasteiger partial charge is 0.508 e. The van der Waals surface area contributed by atoms with Gasteiger partial charge in [-0.25, -0.2) is 9.59 Å². The number of halogens is 1. The second-order valence-electron chi connectivity index (χ2n) is 30.5. The Hall–Kier alpha value is -12.1. The number of nitrogens with one attached hydrogen (secondary N) is 8. The number of hydrogen-bond donors (Lipinski definition) is 21. The van der Waals surface area contributed by atoms with Gasteiger partial charge >= 0.3 is 11.9 Å². The number of carboxylic acids is 2. The number of phenols is 4. The molecule has 8 unspecified atom stereocenters. The Balaban J connectivity index is 1.03. The maximum atomic E-state index is 16.6. The standard InChI is InChI=1S/C83H89ClN8O29/c1-34(2)10-8-6-4-5-7-9-11-57(98)87-65-68(101)70(103)73(81(113)114)121-82(65)120-72-54-28-40-29-55(72)117-51-21-16-38(26-47(51)84)66(99)64-79(110)91-63(80(111)112)46-31-42(95)32-53(118-83-71(104)69(102)67(100)56(33-93)119-83)58(46)45-25-36(14-19-49(45)96)60(76(107)92-64)89-78(109)62(40)90-77(108)61-39-23-41(94)30-44(24-39)116-52-27-37(15-20-50(52)97)59(85-3)75(106)86-48(74(105)88-61)22-35-12-17-43(115-54)18-13-35/h12-21,23-32,34,48,56,59-71,73,82-83,85,93-97,99-104H,4-11,22,33H2,1-3H3,(H,86,106)(H,87,98)(H,88,105)(H,89,109)(H,90,108)(H,91,110)(H,92,107)(H,111,112)(H,113,114)/t48?,56-,59?,60?,61?,62?,63?,64?,65-,66?,67-,68-,69+,70+,71+,73+,82-,83+/m1/s1. The highest BCUT2D eigenvalue weighted by molar-refractivity contribution is 6.32. The van der Waals surface area contributed by atoms with E-state index in [2.05, 4.69) is 56.4 Å². The molecule has 0 spiro atoms. The van der Waals surface area contributed by atoms with Crippen molar-refractivity contribution in [3.05, 3.63) is 165 Å². The first-order chi connectivity index (χ1) is 57.7. The molecule has 8 aliphatic heterocycles. The van der Waals surface area contributed by atoms with Gasteiger partial charge in [-0.15, -0.1) is 0 Å². The number of hydrogen-bond acceptors (Lipinski definition) is 28. The van der Waals surface area contributed by atoms with Crippen LogP contribution in [0.5, 0.6) is 69.0 Å². The van der Waals surface area contributed by atoms with Crippen LogP contribution in [-0.4, -0.2) is 207 Å². The van der Waals surface area contributed by atoms with Crippen LogP contribution in [0.4, 0.5) is 0 Å². The van der Waals surface area contributed by atoms with Gasteiger partial charge in [0, 0.05) is 41.7 Å². The third-order valence-corrected chi connectivity index (χ3v) is 21.8. The van der Waals surface area contributed by atoms with Crippen molar-refractivity contribution in [1.29, 1.82) is 0 Å². The van der Waals surface area contributed by atoms with Crippen molar-refractivity contribution in [2.24, 2.45) is 5.92 Å². The number of unbranched alkanes of at least 4 members (excludes halogenated alkanes) is 5. The number of amides is 7. The molecule has 2 saturated heterocycles. The molecule has 8 aliphatic rings. The molecule has 21 N–H and O–H groups in total. The Kier molecular flexibility index (Phi) is 26.4. The van der Waals surface area contributed by atoms with E-state index in [0.29, 0.717) is 24.3 Å². The third kappa shape index (κ3) is 19.1. The summed E-state index contributed by atoms with van der Waals surface area (Å²) < 4.78 is 44.0. The van der Waals surface area contributed by atoms with Gasteiger partial charge in [-0.3, -0.25) is 33.6 Å². The lowest BCUT2D eigenvalue weighted by molar-refractivity contribution is -0.277. The van der Waals surface area contributed by atoms with E-state index in [1.165, 1.54) is 55.6 Å². The summed E-state index contributed by atoms with van der Waals surface area (Å²) in [4.78, 5) is 135. The van der Waals surface area contributed by atoms with Crippen molar-refractivity contribution in [1.82, 2.24) is 42.5 Å². The van der Waals surface area contributed by atoms with Gasteiger partial charge in [-0.05, 0) is 132 Å². The van der Waals surface area contributed by atoms with Crippen LogP contribution in [0.15, 0.2) is 121 Å². The summed E-state index contributed by atoms with van der Waals surface area (Å²) in [6.45, 7) is 3.27. The first kappa shape index (κ1) is 86.7. The van der Waals surface area contributed by atoms with Crippen LogP contribution in [0, 0.1) is 5.92 Å². The predicted molar refractivity (Wildman–Crippen MR) is 419 cm³/mol.